The van der Waals surface area contributed by atoms with Crippen LogP contribution < -0.4 is 5.32 Å². The number of benzene rings is 1. The number of hydrogen-bond donors (Lipinski definition) is 1. The van der Waals surface area contributed by atoms with Gasteiger partial charge in [0, 0.05) is 25.2 Å². The third-order valence-electron chi connectivity index (χ3n) is 4.25. The van der Waals surface area contributed by atoms with Crippen molar-refractivity contribution in [2.45, 2.75) is 45.2 Å². The minimum absolute atomic E-state index is 0.431. The molecule has 0 saturated carbocycles. The van der Waals surface area contributed by atoms with E-state index in [0.29, 0.717) is 30.4 Å². The molecule has 1 aliphatic rings. The predicted octanol–water partition coefficient (Wildman–Crippen LogP) is 2.95. The molecule has 0 radical (unpaired) electrons. The fourth-order valence-electron chi connectivity index (χ4n) is 2.89. The SMILES string of the molecule is CC(C)N1CCC(Nc2nnc(Cc3ccccc3)o2)CC1. The van der Waals surface area contributed by atoms with E-state index in [9.17, 15) is 0 Å². The normalized spacial score (nSPS) is 17.0. The van der Waals surface area contributed by atoms with E-state index < -0.39 is 0 Å². The van der Waals surface area contributed by atoms with Crippen LogP contribution in [-0.2, 0) is 6.42 Å². The average Bonchev–Trinajstić information content (AvgIpc) is 2.96. The van der Waals surface area contributed by atoms with Gasteiger partial charge in [-0.1, -0.05) is 35.4 Å². The van der Waals surface area contributed by atoms with Gasteiger partial charge in [0.25, 0.3) is 0 Å². The van der Waals surface area contributed by atoms with Crippen LogP contribution in [0.3, 0.4) is 0 Å². The minimum Gasteiger partial charge on any atom is -0.408 e. The lowest BCUT2D eigenvalue weighted by atomic mass is 10.0. The zero-order valence-corrected chi connectivity index (χ0v) is 13.3. The van der Waals surface area contributed by atoms with Crippen molar-refractivity contribution < 1.29 is 4.42 Å². The summed E-state index contributed by atoms with van der Waals surface area (Å²) in [6.07, 6.45) is 2.92. The van der Waals surface area contributed by atoms with Gasteiger partial charge in [-0.25, -0.2) is 0 Å². The van der Waals surface area contributed by atoms with Gasteiger partial charge in [-0.2, -0.15) is 0 Å². The maximum absolute atomic E-state index is 5.72. The van der Waals surface area contributed by atoms with Gasteiger partial charge in [0.2, 0.25) is 5.89 Å². The van der Waals surface area contributed by atoms with Crippen LogP contribution in [0.25, 0.3) is 0 Å². The van der Waals surface area contributed by atoms with Gasteiger partial charge < -0.3 is 14.6 Å². The first kappa shape index (κ1) is 15.0. The number of nitrogens with zero attached hydrogens (tertiary/aromatic N) is 3. The summed E-state index contributed by atoms with van der Waals surface area (Å²) >= 11 is 0. The molecular weight excluding hydrogens is 276 g/mol. The molecule has 1 aliphatic heterocycles. The first-order chi connectivity index (χ1) is 10.7. The Bertz CT molecular complexity index is 573. The molecule has 0 spiro atoms. The number of rotatable bonds is 5. The zero-order valence-electron chi connectivity index (χ0n) is 13.3. The molecule has 3 rings (SSSR count). The second-order valence-corrected chi connectivity index (χ2v) is 6.21. The molecule has 0 atom stereocenters. The Morgan fingerprint density at radius 2 is 1.91 bits per heavy atom. The Kier molecular flexibility index (Phi) is 4.73. The van der Waals surface area contributed by atoms with Gasteiger partial charge in [-0.3, -0.25) is 0 Å². The largest absolute Gasteiger partial charge is 0.408 e. The predicted molar refractivity (Wildman–Crippen MR) is 86.9 cm³/mol. The van der Waals surface area contributed by atoms with E-state index >= 15 is 0 Å². The second kappa shape index (κ2) is 6.92. The topological polar surface area (TPSA) is 54.2 Å². The maximum atomic E-state index is 5.72. The van der Waals surface area contributed by atoms with E-state index in [-0.39, 0.29) is 0 Å². The molecule has 1 aromatic heterocycles. The summed E-state index contributed by atoms with van der Waals surface area (Å²) in [6.45, 7) is 6.75. The van der Waals surface area contributed by atoms with E-state index in [2.05, 4.69) is 46.4 Å². The molecule has 1 fully saturated rings. The van der Waals surface area contributed by atoms with Crippen LogP contribution in [0.2, 0.25) is 0 Å². The van der Waals surface area contributed by atoms with Crippen LogP contribution in [0.5, 0.6) is 0 Å². The smallest absolute Gasteiger partial charge is 0.315 e. The van der Waals surface area contributed by atoms with Gasteiger partial charge in [0.1, 0.15) is 0 Å². The summed E-state index contributed by atoms with van der Waals surface area (Å²) in [4.78, 5) is 2.51. The van der Waals surface area contributed by atoms with Crippen LogP contribution in [0.4, 0.5) is 6.01 Å². The number of nitrogens with one attached hydrogen (secondary N) is 1. The Morgan fingerprint density at radius 3 is 2.59 bits per heavy atom. The maximum Gasteiger partial charge on any atom is 0.315 e. The standard InChI is InChI=1S/C17H24N4O/c1-13(2)21-10-8-15(9-11-21)18-17-20-19-16(22-17)12-14-6-4-3-5-7-14/h3-7,13,15H,8-12H2,1-2H3,(H,18,20). The fourth-order valence-corrected chi connectivity index (χ4v) is 2.89. The highest BCUT2D eigenvalue weighted by Gasteiger charge is 2.22. The summed E-state index contributed by atoms with van der Waals surface area (Å²) in [6, 6.07) is 11.8. The molecule has 0 unspecified atom stereocenters. The summed E-state index contributed by atoms with van der Waals surface area (Å²) in [5.74, 6) is 0.660. The number of likely N-dealkylation sites (tertiary alicyclic amines) is 1. The third kappa shape index (κ3) is 3.85. The lowest BCUT2D eigenvalue weighted by molar-refractivity contribution is 0.176. The van der Waals surface area contributed by atoms with E-state index in [1.807, 2.05) is 18.2 Å². The average molecular weight is 300 g/mol. The summed E-state index contributed by atoms with van der Waals surface area (Å²) in [7, 11) is 0. The molecule has 0 aliphatic carbocycles. The van der Waals surface area contributed by atoms with Crippen LogP contribution >= 0.6 is 0 Å². The van der Waals surface area contributed by atoms with Crippen molar-refractivity contribution in [1.82, 2.24) is 15.1 Å². The van der Waals surface area contributed by atoms with E-state index in [0.717, 1.165) is 25.9 Å². The molecule has 1 aromatic carbocycles. The molecule has 1 N–H and O–H groups in total. The Labute approximate surface area is 131 Å². The van der Waals surface area contributed by atoms with Crippen LogP contribution in [0.1, 0.15) is 38.1 Å². The summed E-state index contributed by atoms with van der Waals surface area (Å²) < 4.78 is 5.72. The highest BCUT2D eigenvalue weighted by Crippen LogP contribution is 2.18. The molecule has 2 aromatic rings. The molecule has 0 bridgehead atoms. The minimum atomic E-state index is 0.431. The molecule has 2 heterocycles. The highest BCUT2D eigenvalue weighted by molar-refractivity contribution is 5.22. The van der Waals surface area contributed by atoms with Crippen molar-refractivity contribution >= 4 is 6.01 Å². The van der Waals surface area contributed by atoms with Gasteiger partial charge in [0.05, 0.1) is 6.42 Å². The quantitative estimate of drug-likeness (QED) is 0.920. The van der Waals surface area contributed by atoms with Crippen molar-refractivity contribution in [3.63, 3.8) is 0 Å². The molecule has 1 saturated heterocycles. The molecule has 5 heteroatoms. The summed E-state index contributed by atoms with van der Waals surface area (Å²) in [5, 5.41) is 11.6. The van der Waals surface area contributed by atoms with Crippen molar-refractivity contribution in [1.29, 1.82) is 0 Å². The lowest BCUT2D eigenvalue weighted by Crippen LogP contribution is -2.42. The molecule has 118 valence electrons. The van der Waals surface area contributed by atoms with Crippen molar-refractivity contribution in [3.8, 4) is 0 Å². The van der Waals surface area contributed by atoms with Crippen LogP contribution in [-0.4, -0.2) is 40.3 Å². The van der Waals surface area contributed by atoms with Crippen molar-refractivity contribution in [2.24, 2.45) is 0 Å². The van der Waals surface area contributed by atoms with E-state index in [1.54, 1.807) is 0 Å². The van der Waals surface area contributed by atoms with Crippen molar-refractivity contribution in [2.75, 3.05) is 18.4 Å². The Hall–Kier alpha value is -1.88. The summed E-state index contributed by atoms with van der Waals surface area (Å²) in [5.41, 5.74) is 1.18. The monoisotopic (exact) mass is 300 g/mol. The zero-order chi connectivity index (χ0) is 15.4. The van der Waals surface area contributed by atoms with E-state index in [4.69, 9.17) is 4.42 Å². The first-order valence-corrected chi connectivity index (χ1v) is 8.07. The fraction of sp³-hybridized carbons (Fsp3) is 0.529. The Morgan fingerprint density at radius 1 is 1.18 bits per heavy atom. The van der Waals surface area contributed by atoms with Gasteiger partial charge in [-0.15, -0.1) is 5.10 Å². The number of piperidine rings is 1. The lowest BCUT2D eigenvalue weighted by Gasteiger charge is -2.34. The van der Waals surface area contributed by atoms with Crippen LogP contribution in [0, 0.1) is 0 Å². The number of anilines is 1. The highest BCUT2D eigenvalue weighted by atomic mass is 16.4. The van der Waals surface area contributed by atoms with Crippen LogP contribution in [0.15, 0.2) is 34.7 Å². The second-order valence-electron chi connectivity index (χ2n) is 6.21. The van der Waals surface area contributed by atoms with Gasteiger partial charge in [0.15, 0.2) is 0 Å². The van der Waals surface area contributed by atoms with Gasteiger partial charge >= 0.3 is 6.01 Å². The van der Waals surface area contributed by atoms with Crippen molar-refractivity contribution in [3.05, 3.63) is 41.8 Å². The van der Waals surface area contributed by atoms with E-state index in [1.165, 1.54) is 5.56 Å². The molecule has 22 heavy (non-hydrogen) atoms. The van der Waals surface area contributed by atoms with Gasteiger partial charge in [-0.05, 0) is 32.3 Å². The molecule has 0 amide bonds. The first-order valence-electron chi connectivity index (χ1n) is 8.07. The molecular formula is C17H24N4O. The number of aromatic nitrogens is 2. The number of hydrogen-bond acceptors (Lipinski definition) is 5. The Balaban J connectivity index is 1.52. The third-order valence-corrected chi connectivity index (χ3v) is 4.25. The molecule has 5 nitrogen and oxygen atoms in total.